The molecule has 6 heteroatoms. The number of amides is 1. The minimum atomic E-state index is -0.798. The van der Waals surface area contributed by atoms with E-state index in [-0.39, 0.29) is 12.3 Å². The predicted molar refractivity (Wildman–Crippen MR) is 74.2 cm³/mol. The molecule has 1 heterocycles. The summed E-state index contributed by atoms with van der Waals surface area (Å²) in [6, 6.07) is 8.06. The van der Waals surface area contributed by atoms with E-state index in [1.807, 2.05) is 0 Å². The molecule has 2 rings (SSSR count). The van der Waals surface area contributed by atoms with E-state index in [0.29, 0.717) is 16.3 Å². The maximum absolute atomic E-state index is 11.8. The fourth-order valence-electron chi connectivity index (χ4n) is 1.83. The Morgan fingerprint density at radius 3 is 2.70 bits per heavy atom. The van der Waals surface area contributed by atoms with E-state index in [9.17, 15) is 9.90 Å². The van der Waals surface area contributed by atoms with Crippen molar-refractivity contribution < 1.29 is 14.4 Å². The highest BCUT2D eigenvalue weighted by Crippen LogP contribution is 2.19. The van der Waals surface area contributed by atoms with E-state index in [2.05, 4.69) is 15.0 Å². The van der Waals surface area contributed by atoms with Crippen molar-refractivity contribution in [3.05, 3.63) is 52.9 Å². The first kappa shape index (κ1) is 14.6. The fourth-order valence-corrected chi connectivity index (χ4v) is 1.95. The number of aromatic nitrogens is 1. The van der Waals surface area contributed by atoms with Crippen molar-refractivity contribution >= 4 is 17.5 Å². The molecule has 0 aliphatic heterocycles. The van der Waals surface area contributed by atoms with Crippen LogP contribution in [0, 0.1) is 0 Å². The van der Waals surface area contributed by atoms with Crippen molar-refractivity contribution in [3.8, 4) is 0 Å². The van der Waals surface area contributed by atoms with Gasteiger partial charge >= 0.3 is 0 Å². The smallest absolute Gasteiger partial charge is 0.226 e. The van der Waals surface area contributed by atoms with Crippen LogP contribution in [-0.4, -0.2) is 22.2 Å². The highest BCUT2D eigenvalue weighted by atomic mass is 35.5. The Hall–Kier alpha value is -1.85. The summed E-state index contributed by atoms with van der Waals surface area (Å²) in [7, 11) is 0. The molecule has 1 aromatic heterocycles. The van der Waals surface area contributed by atoms with Gasteiger partial charge in [0.05, 0.1) is 24.3 Å². The van der Waals surface area contributed by atoms with Gasteiger partial charge in [-0.15, -0.1) is 0 Å². The minimum Gasteiger partial charge on any atom is -0.386 e. The van der Waals surface area contributed by atoms with Crippen LogP contribution in [0.2, 0.25) is 5.02 Å². The van der Waals surface area contributed by atoms with Gasteiger partial charge in [0.15, 0.2) is 0 Å². The molecule has 1 amide bonds. The first-order valence-electron chi connectivity index (χ1n) is 6.18. The second kappa shape index (κ2) is 6.54. The fraction of sp³-hybridized carbons (Fsp3) is 0.286. The lowest BCUT2D eigenvalue weighted by molar-refractivity contribution is -0.121. The Labute approximate surface area is 121 Å². The van der Waals surface area contributed by atoms with Gasteiger partial charge in [-0.2, -0.15) is 0 Å². The lowest BCUT2D eigenvalue weighted by Crippen LogP contribution is -2.38. The Morgan fingerprint density at radius 1 is 1.40 bits per heavy atom. The lowest BCUT2D eigenvalue weighted by Gasteiger charge is -2.20. The normalized spacial score (nSPS) is 13.8. The van der Waals surface area contributed by atoms with E-state index < -0.39 is 12.1 Å². The van der Waals surface area contributed by atoms with Crippen LogP contribution >= 0.6 is 11.6 Å². The number of hydrogen-bond acceptors (Lipinski definition) is 4. The average Bonchev–Trinajstić information content (AvgIpc) is 2.91. The highest BCUT2D eigenvalue weighted by Gasteiger charge is 2.18. The summed E-state index contributed by atoms with van der Waals surface area (Å²) >= 11 is 5.79. The zero-order valence-corrected chi connectivity index (χ0v) is 11.7. The number of rotatable bonds is 5. The molecule has 0 fully saturated rings. The largest absolute Gasteiger partial charge is 0.386 e. The third-order valence-electron chi connectivity index (χ3n) is 2.91. The average molecular weight is 295 g/mol. The number of aliphatic hydroxyl groups excluding tert-OH is 1. The molecule has 0 aliphatic rings. The molecule has 0 aliphatic carbocycles. The number of carbonyl (C=O) groups is 1. The second-order valence-corrected chi connectivity index (χ2v) is 4.96. The van der Waals surface area contributed by atoms with Gasteiger partial charge in [0.2, 0.25) is 5.91 Å². The number of nitrogens with zero attached hydrogens (tertiary/aromatic N) is 1. The second-order valence-electron chi connectivity index (χ2n) is 4.52. The first-order chi connectivity index (χ1) is 9.56. The SMILES string of the molecule is C[C@@H](NC(=O)Cc1ccon1)[C@H](O)c1ccc(Cl)cc1. The molecule has 0 saturated carbocycles. The summed E-state index contributed by atoms with van der Waals surface area (Å²) in [6.45, 7) is 1.74. The van der Waals surface area contributed by atoms with Crippen LogP contribution in [-0.2, 0) is 11.2 Å². The van der Waals surface area contributed by atoms with Crippen molar-refractivity contribution in [1.82, 2.24) is 10.5 Å². The van der Waals surface area contributed by atoms with Gasteiger partial charge in [-0.25, -0.2) is 0 Å². The number of benzene rings is 1. The van der Waals surface area contributed by atoms with E-state index in [4.69, 9.17) is 11.6 Å². The number of aliphatic hydroxyl groups is 1. The molecule has 1 aromatic carbocycles. The molecule has 0 bridgehead atoms. The van der Waals surface area contributed by atoms with E-state index in [1.54, 1.807) is 37.3 Å². The zero-order valence-electron chi connectivity index (χ0n) is 10.9. The first-order valence-corrected chi connectivity index (χ1v) is 6.56. The molecular formula is C14H15ClN2O3. The number of hydrogen-bond donors (Lipinski definition) is 2. The maximum Gasteiger partial charge on any atom is 0.226 e. The number of halogens is 1. The predicted octanol–water partition coefficient (Wildman–Crippen LogP) is 2.11. The number of carbonyl (C=O) groups excluding carboxylic acids is 1. The van der Waals surface area contributed by atoms with E-state index in [1.165, 1.54) is 6.26 Å². The van der Waals surface area contributed by atoms with Crippen molar-refractivity contribution in [2.45, 2.75) is 25.5 Å². The summed E-state index contributed by atoms with van der Waals surface area (Å²) in [5.41, 5.74) is 1.25. The molecule has 2 atom stereocenters. The van der Waals surface area contributed by atoms with Gasteiger partial charge in [0.1, 0.15) is 6.26 Å². The molecular weight excluding hydrogens is 280 g/mol. The Bertz CT molecular complexity index is 554. The quantitative estimate of drug-likeness (QED) is 0.885. The monoisotopic (exact) mass is 294 g/mol. The molecule has 0 unspecified atom stereocenters. The summed E-state index contributed by atoms with van der Waals surface area (Å²) in [6.07, 6.45) is 0.733. The Morgan fingerprint density at radius 2 is 2.10 bits per heavy atom. The van der Waals surface area contributed by atoms with Crippen LogP contribution in [0.15, 0.2) is 41.1 Å². The topological polar surface area (TPSA) is 75.4 Å². The molecule has 20 heavy (non-hydrogen) atoms. The minimum absolute atomic E-state index is 0.119. The lowest BCUT2D eigenvalue weighted by atomic mass is 10.0. The van der Waals surface area contributed by atoms with Crippen LogP contribution in [0.4, 0.5) is 0 Å². The summed E-state index contributed by atoms with van der Waals surface area (Å²) in [5, 5.41) is 17.2. The zero-order chi connectivity index (χ0) is 14.5. The summed E-state index contributed by atoms with van der Waals surface area (Å²) < 4.78 is 4.66. The highest BCUT2D eigenvalue weighted by molar-refractivity contribution is 6.30. The van der Waals surface area contributed by atoms with Crippen molar-refractivity contribution in [2.24, 2.45) is 0 Å². The van der Waals surface area contributed by atoms with Gasteiger partial charge in [-0.1, -0.05) is 28.9 Å². The Balaban J connectivity index is 1.91. The van der Waals surface area contributed by atoms with Crippen LogP contribution in [0.25, 0.3) is 0 Å². The molecule has 2 aromatic rings. The van der Waals surface area contributed by atoms with E-state index >= 15 is 0 Å². The van der Waals surface area contributed by atoms with E-state index in [0.717, 1.165) is 0 Å². The van der Waals surface area contributed by atoms with Gasteiger partial charge in [-0.3, -0.25) is 4.79 Å². The van der Waals surface area contributed by atoms with Crippen molar-refractivity contribution in [2.75, 3.05) is 0 Å². The molecule has 0 spiro atoms. The summed E-state index contributed by atoms with van der Waals surface area (Å²) in [5.74, 6) is -0.223. The van der Waals surface area contributed by atoms with Crippen molar-refractivity contribution in [3.63, 3.8) is 0 Å². The molecule has 106 valence electrons. The molecule has 5 nitrogen and oxygen atoms in total. The summed E-state index contributed by atoms with van der Waals surface area (Å²) in [4.78, 5) is 11.8. The maximum atomic E-state index is 11.8. The van der Waals surface area contributed by atoms with Gasteiger partial charge in [0, 0.05) is 11.1 Å². The third kappa shape index (κ3) is 3.82. The molecule has 2 N–H and O–H groups in total. The third-order valence-corrected chi connectivity index (χ3v) is 3.16. The van der Waals surface area contributed by atoms with Gasteiger partial charge < -0.3 is 14.9 Å². The number of nitrogens with one attached hydrogen (secondary N) is 1. The van der Waals surface area contributed by atoms with Gasteiger partial charge in [0.25, 0.3) is 0 Å². The Kier molecular flexibility index (Phi) is 4.76. The molecule has 0 saturated heterocycles. The van der Waals surface area contributed by atoms with Crippen LogP contribution in [0.5, 0.6) is 0 Å². The molecule has 0 radical (unpaired) electrons. The standard InChI is InChI=1S/C14H15ClN2O3/c1-9(14(19)10-2-4-11(15)5-3-10)16-13(18)8-12-6-7-20-17-12/h2-7,9,14,19H,8H2,1H3,(H,16,18)/t9-,14+/m1/s1. The van der Waals surface area contributed by atoms with Crippen LogP contribution in [0.1, 0.15) is 24.3 Å². The van der Waals surface area contributed by atoms with Gasteiger partial charge in [-0.05, 0) is 24.6 Å². The van der Waals surface area contributed by atoms with Crippen molar-refractivity contribution in [1.29, 1.82) is 0 Å². The van der Waals surface area contributed by atoms with Crippen LogP contribution in [0.3, 0.4) is 0 Å². The van der Waals surface area contributed by atoms with Crippen LogP contribution < -0.4 is 5.32 Å².